The second-order valence-corrected chi connectivity index (χ2v) is 8.98. The maximum atomic E-state index is 13.5. The molecule has 0 radical (unpaired) electrons. The van der Waals surface area contributed by atoms with Crippen LogP contribution in [-0.4, -0.2) is 37.0 Å². The molecule has 8 nitrogen and oxygen atoms in total. The lowest BCUT2D eigenvalue weighted by molar-refractivity contribution is -0.384. The molecule has 182 valence electrons. The van der Waals surface area contributed by atoms with E-state index < -0.39 is 16.8 Å². The van der Waals surface area contributed by atoms with E-state index in [1.807, 2.05) is 12.1 Å². The minimum Gasteiger partial charge on any atom is -0.460 e. The van der Waals surface area contributed by atoms with Crippen molar-refractivity contribution in [1.29, 1.82) is 0 Å². The number of esters is 1. The van der Waals surface area contributed by atoms with Gasteiger partial charge in [0.1, 0.15) is 6.61 Å². The standard InChI is InChI=1S/C26H25ClN2O6/c1-15-23(26(31)35-12-11-34-2)24(17-5-9-20(10-6-17)29(32)33)25-21(28-15)13-18(14-22(25)30)16-3-7-19(27)8-4-16/h3-10,18,24,28H,11-14H2,1-2H3/t18-,24-/m1/s1. The van der Waals surface area contributed by atoms with E-state index in [0.717, 1.165) is 11.3 Å². The summed E-state index contributed by atoms with van der Waals surface area (Å²) in [4.78, 5) is 37.3. The first-order chi connectivity index (χ1) is 16.8. The molecular weight excluding hydrogens is 472 g/mol. The van der Waals surface area contributed by atoms with E-state index in [9.17, 15) is 19.7 Å². The third kappa shape index (κ3) is 5.13. The summed E-state index contributed by atoms with van der Waals surface area (Å²) < 4.78 is 10.4. The Morgan fingerprint density at radius 2 is 1.74 bits per heavy atom. The molecule has 2 aromatic carbocycles. The maximum absolute atomic E-state index is 13.5. The highest BCUT2D eigenvalue weighted by molar-refractivity contribution is 6.30. The fraction of sp³-hybridized carbons (Fsp3) is 0.308. The zero-order valence-electron chi connectivity index (χ0n) is 19.4. The van der Waals surface area contributed by atoms with Crippen LogP contribution in [-0.2, 0) is 19.1 Å². The van der Waals surface area contributed by atoms with E-state index >= 15 is 0 Å². The smallest absolute Gasteiger partial charge is 0.336 e. The quantitative estimate of drug-likeness (QED) is 0.254. The van der Waals surface area contributed by atoms with Crippen molar-refractivity contribution in [3.63, 3.8) is 0 Å². The third-order valence-corrected chi connectivity index (χ3v) is 6.60. The summed E-state index contributed by atoms with van der Waals surface area (Å²) in [6.07, 6.45) is 0.853. The van der Waals surface area contributed by atoms with Crippen LogP contribution in [0, 0.1) is 10.1 Å². The number of nitro benzene ring substituents is 1. The second-order valence-electron chi connectivity index (χ2n) is 8.55. The van der Waals surface area contributed by atoms with Gasteiger partial charge in [0.25, 0.3) is 5.69 Å². The molecule has 0 saturated carbocycles. The first-order valence-electron chi connectivity index (χ1n) is 11.2. The molecule has 0 spiro atoms. The van der Waals surface area contributed by atoms with Crippen LogP contribution in [0.25, 0.3) is 0 Å². The predicted molar refractivity (Wildman–Crippen MR) is 130 cm³/mol. The number of nitro groups is 1. The Kier molecular flexibility index (Phi) is 7.33. The normalized spacial score (nSPS) is 19.8. The minimum absolute atomic E-state index is 0.0356. The Morgan fingerprint density at radius 3 is 2.37 bits per heavy atom. The van der Waals surface area contributed by atoms with Crippen molar-refractivity contribution in [2.75, 3.05) is 20.3 Å². The molecular formula is C26H25ClN2O6. The molecule has 35 heavy (non-hydrogen) atoms. The van der Waals surface area contributed by atoms with Crippen molar-refractivity contribution in [1.82, 2.24) is 5.32 Å². The van der Waals surface area contributed by atoms with Gasteiger partial charge in [0.15, 0.2) is 5.78 Å². The average Bonchev–Trinajstić information content (AvgIpc) is 2.83. The number of methoxy groups -OCH3 is 1. The Hall–Kier alpha value is -3.49. The number of hydrogen-bond donors (Lipinski definition) is 1. The molecule has 2 atom stereocenters. The number of non-ortho nitro benzene ring substituents is 1. The lowest BCUT2D eigenvalue weighted by atomic mass is 9.71. The van der Waals surface area contributed by atoms with Gasteiger partial charge in [-0.1, -0.05) is 35.9 Å². The zero-order valence-corrected chi connectivity index (χ0v) is 20.1. The molecule has 4 rings (SSSR count). The SMILES string of the molecule is COCCOC(=O)C1=C(C)NC2=C(C(=O)C[C@H](c3ccc(Cl)cc3)C2)[C@@H]1c1ccc([N+](=O)[O-])cc1. The fourth-order valence-corrected chi connectivity index (χ4v) is 4.82. The van der Waals surface area contributed by atoms with Crippen molar-refractivity contribution >= 4 is 29.0 Å². The predicted octanol–water partition coefficient (Wildman–Crippen LogP) is 4.80. The van der Waals surface area contributed by atoms with Crippen LogP contribution in [0.2, 0.25) is 5.02 Å². The van der Waals surface area contributed by atoms with E-state index in [1.165, 1.54) is 19.2 Å². The molecule has 1 N–H and O–H groups in total. The Balaban J connectivity index is 1.75. The Morgan fingerprint density at radius 1 is 1.09 bits per heavy atom. The Labute approximate surface area is 207 Å². The summed E-state index contributed by atoms with van der Waals surface area (Å²) in [5, 5.41) is 15.1. The van der Waals surface area contributed by atoms with Crippen molar-refractivity contribution in [3.8, 4) is 0 Å². The van der Waals surface area contributed by atoms with Gasteiger partial charge in [0.2, 0.25) is 0 Å². The lowest BCUT2D eigenvalue weighted by Crippen LogP contribution is -2.36. The molecule has 1 aliphatic carbocycles. The molecule has 0 amide bonds. The maximum Gasteiger partial charge on any atom is 0.336 e. The number of dihydropyridines is 1. The second kappa shape index (κ2) is 10.4. The number of nitrogens with zero attached hydrogens (tertiary/aromatic N) is 1. The van der Waals surface area contributed by atoms with Crippen LogP contribution in [0.5, 0.6) is 0 Å². The van der Waals surface area contributed by atoms with Gasteiger partial charge in [0, 0.05) is 53.6 Å². The Bertz CT molecular complexity index is 1220. The molecule has 0 saturated heterocycles. The molecule has 0 fully saturated rings. The molecule has 9 heteroatoms. The van der Waals surface area contributed by atoms with Gasteiger partial charge in [-0.25, -0.2) is 4.79 Å². The summed E-state index contributed by atoms with van der Waals surface area (Å²) in [7, 11) is 1.51. The molecule has 1 heterocycles. The highest BCUT2D eigenvalue weighted by Gasteiger charge is 2.41. The number of benzene rings is 2. The highest BCUT2D eigenvalue weighted by Crippen LogP contribution is 2.46. The summed E-state index contributed by atoms with van der Waals surface area (Å²) in [6.45, 7) is 2.08. The van der Waals surface area contributed by atoms with Crippen molar-refractivity contribution in [3.05, 3.63) is 97.3 Å². The third-order valence-electron chi connectivity index (χ3n) is 6.35. The average molecular weight is 497 g/mol. The molecule has 0 unspecified atom stereocenters. The first-order valence-corrected chi connectivity index (χ1v) is 11.6. The van der Waals surface area contributed by atoms with Crippen LogP contribution >= 0.6 is 11.6 Å². The number of hydrogen-bond acceptors (Lipinski definition) is 7. The van der Waals surface area contributed by atoms with Gasteiger partial charge in [0.05, 0.1) is 17.1 Å². The summed E-state index contributed by atoms with van der Waals surface area (Å²) in [5.41, 5.74) is 3.69. The summed E-state index contributed by atoms with van der Waals surface area (Å²) in [6, 6.07) is 13.4. The van der Waals surface area contributed by atoms with Crippen LogP contribution in [0.4, 0.5) is 5.69 Å². The monoisotopic (exact) mass is 496 g/mol. The van der Waals surface area contributed by atoms with Gasteiger partial charge in [-0.05, 0) is 42.5 Å². The van der Waals surface area contributed by atoms with Crippen molar-refractivity contribution in [2.45, 2.75) is 31.6 Å². The van der Waals surface area contributed by atoms with E-state index in [-0.39, 0.29) is 37.0 Å². The largest absolute Gasteiger partial charge is 0.460 e. The number of Topliss-reactive ketones (excluding diaryl/α,β-unsaturated/α-hetero) is 1. The van der Waals surface area contributed by atoms with E-state index in [4.69, 9.17) is 21.1 Å². The van der Waals surface area contributed by atoms with Crippen molar-refractivity contribution < 1.29 is 24.0 Å². The fourth-order valence-electron chi connectivity index (χ4n) is 4.70. The number of nitrogens with one attached hydrogen (secondary N) is 1. The number of rotatable bonds is 7. The van der Waals surface area contributed by atoms with Gasteiger partial charge >= 0.3 is 5.97 Å². The van der Waals surface area contributed by atoms with Crippen LogP contribution in [0.15, 0.2) is 71.1 Å². The zero-order chi connectivity index (χ0) is 25.1. The summed E-state index contributed by atoms with van der Waals surface area (Å²) in [5.74, 6) is -1.38. The lowest BCUT2D eigenvalue weighted by Gasteiger charge is -2.36. The summed E-state index contributed by atoms with van der Waals surface area (Å²) >= 11 is 6.03. The van der Waals surface area contributed by atoms with Crippen molar-refractivity contribution in [2.24, 2.45) is 0 Å². The molecule has 2 aromatic rings. The van der Waals surface area contributed by atoms with E-state index in [0.29, 0.717) is 33.9 Å². The molecule has 2 aliphatic rings. The minimum atomic E-state index is -0.694. The molecule has 0 bridgehead atoms. The van der Waals surface area contributed by atoms with Gasteiger partial charge < -0.3 is 14.8 Å². The number of carbonyl (C=O) groups excluding carboxylic acids is 2. The van der Waals surface area contributed by atoms with Gasteiger partial charge in [-0.3, -0.25) is 14.9 Å². The van der Waals surface area contributed by atoms with Crippen LogP contribution < -0.4 is 5.32 Å². The number of ether oxygens (including phenoxy) is 2. The van der Waals surface area contributed by atoms with Crippen LogP contribution in [0.1, 0.15) is 42.7 Å². The number of ketones is 1. The first kappa shape index (κ1) is 24.6. The van der Waals surface area contributed by atoms with E-state index in [2.05, 4.69) is 5.32 Å². The van der Waals surface area contributed by atoms with Crippen LogP contribution in [0.3, 0.4) is 0 Å². The van der Waals surface area contributed by atoms with Gasteiger partial charge in [-0.15, -0.1) is 0 Å². The number of carbonyl (C=O) groups is 2. The highest BCUT2D eigenvalue weighted by atomic mass is 35.5. The number of allylic oxidation sites excluding steroid dienone is 3. The number of halogens is 1. The molecule has 1 aliphatic heterocycles. The molecule has 0 aromatic heterocycles. The van der Waals surface area contributed by atoms with E-state index in [1.54, 1.807) is 31.2 Å². The topological polar surface area (TPSA) is 108 Å². The van der Waals surface area contributed by atoms with Gasteiger partial charge in [-0.2, -0.15) is 0 Å².